The molecule has 21 heavy (non-hydrogen) atoms. The minimum absolute atomic E-state index is 0.228. The Morgan fingerprint density at radius 3 is 2.52 bits per heavy atom. The number of anilines is 1. The largest absolute Gasteiger partial charge is 0.371 e. The zero-order valence-corrected chi connectivity index (χ0v) is 14.1. The van der Waals surface area contributed by atoms with Crippen LogP contribution in [0.5, 0.6) is 0 Å². The van der Waals surface area contributed by atoms with Crippen LogP contribution < -0.4 is 10.6 Å². The van der Waals surface area contributed by atoms with E-state index in [2.05, 4.69) is 55.8 Å². The third-order valence-electron chi connectivity index (χ3n) is 4.75. The summed E-state index contributed by atoms with van der Waals surface area (Å²) in [7, 11) is 2.25. The molecule has 3 heteroatoms. The molecule has 1 heterocycles. The van der Waals surface area contributed by atoms with Gasteiger partial charge in [-0.1, -0.05) is 19.1 Å². The summed E-state index contributed by atoms with van der Waals surface area (Å²) in [6, 6.07) is 7.72. The van der Waals surface area contributed by atoms with Crippen LogP contribution in [-0.2, 0) is 6.42 Å². The first-order chi connectivity index (χ1) is 10.0. The molecule has 1 aromatic rings. The van der Waals surface area contributed by atoms with Gasteiger partial charge in [-0.05, 0) is 56.8 Å². The molecule has 2 N–H and O–H groups in total. The van der Waals surface area contributed by atoms with Gasteiger partial charge in [0, 0.05) is 37.9 Å². The van der Waals surface area contributed by atoms with Gasteiger partial charge in [0.05, 0.1) is 0 Å². The molecule has 0 saturated carbocycles. The standard InChI is InChI=1S/C18H31N3/c1-5-21-10-8-17(9-11-21)20(4)18-7-6-16(12-14(18)2)13-15(3)19/h6-7,12,15,17H,5,8-11,13,19H2,1-4H3. The lowest BCUT2D eigenvalue weighted by Gasteiger charge is -2.38. The topological polar surface area (TPSA) is 32.5 Å². The Hall–Kier alpha value is -1.06. The number of benzene rings is 1. The van der Waals surface area contributed by atoms with Gasteiger partial charge in [0.1, 0.15) is 0 Å². The maximum Gasteiger partial charge on any atom is 0.0396 e. The predicted molar refractivity (Wildman–Crippen MR) is 92.1 cm³/mol. The molecule has 0 spiro atoms. The summed E-state index contributed by atoms with van der Waals surface area (Å²) in [5, 5.41) is 0. The van der Waals surface area contributed by atoms with E-state index in [-0.39, 0.29) is 6.04 Å². The first kappa shape index (κ1) is 16.3. The highest BCUT2D eigenvalue weighted by atomic mass is 15.2. The van der Waals surface area contributed by atoms with Crippen molar-refractivity contribution in [2.24, 2.45) is 5.73 Å². The maximum absolute atomic E-state index is 5.90. The monoisotopic (exact) mass is 289 g/mol. The van der Waals surface area contributed by atoms with E-state index >= 15 is 0 Å². The predicted octanol–water partition coefficient (Wildman–Crippen LogP) is 2.81. The SMILES string of the molecule is CCN1CCC(N(C)c2ccc(CC(C)N)cc2C)CC1. The molecule has 118 valence electrons. The van der Waals surface area contributed by atoms with Gasteiger partial charge in [-0.2, -0.15) is 0 Å². The zero-order valence-electron chi connectivity index (χ0n) is 14.1. The van der Waals surface area contributed by atoms with E-state index < -0.39 is 0 Å². The molecule has 0 aromatic heterocycles. The number of aryl methyl sites for hydroxylation is 1. The molecule has 2 rings (SSSR count). The van der Waals surface area contributed by atoms with Crippen LogP contribution in [0.1, 0.15) is 37.8 Å². The molecule has 1 unspecified atom stereocenters. The van der Waals surface area contributed by atoms with Crippen molar-refractivity contribution in [1.82, 2.24) is 4.90 Å². The molecule has 3 nitrogen and oxygen atoms in total. The number of piperidine rings is 1. The molecule has 0 amide bonds. The van der Waals surface area contributed by atoms with Gasteiger partial charge in [0.15, 0.2) is 0 Å². The zero-order chi connectivity index (χ0) is 15.4. The first-order valence-corrected chi connectivity index (χ1v) is 8.31. The highest BCUT2D eigenvalue weighted by molar-refractivity contribution is 5.54. The van der Waals surface area contributed by atoms with Crippen molar-refractivity contribution < 1.29 is 0 Å². The lowest BCUT2D eigenvalue weighted by atomic mass is 10.00. The summed E-state index contributed by atoms with van der Waals surface area (Å²) in [6.45, 7) is 10.2. The van der Waals surface area contributed by atoms with Crippen LogP contribution in [0.25, 0.3) is 0 Å². The van der Waals surface area contributed by atoms with E-state index in [1.165, 1.54) is 49.3 Å². The molecule has 1 aliphatic rings. The van der Waals surface area contributed by atoms with Gasteiger partial charge in [0.2, 0.25) is 0 Å². The number of likely N-dealkylation sites (tertiary alicyclic amines) is 1. The number of nitrogens with zero attached hydrogens (tertiary/aromatic N) is 2. The fourth-order valence-corrected chi connectivity index (χ4v) is 3.43. The fraction of sp³-hybridized carbons (Fsp3) is 0.667. The molecule has 0 radical (unpaired) electrons. The molecule has 1 aromatic carbocycles. The second-order valence-electron chi connectivity index (χ2n) is 6.58. The highest BCUT2D eigenvalue weighted by Gasteiger charge is 2.22. The van der Waals surface area contributed by atoms with E-state index in [1.807, 2.05) is 0 Å². The van der Waals surface area contributed by atoms with Gasteiger partial charge in [-0.25, -0.2) is 0 Å². The Morgan fingerprint density at radius 2 is 2.00 bits per heavy atom. The summed E-state index contributed by atoms with van der Waals surface area (Å²) >= 11 is 0. The summed E-state index contributed by atoms with van der Waals surface area (Å²) in [6.07, 6.45) is 3.50. The quantitative estimate of drug-likeness (QED) is 0.904. The molecule has 0 bridgehead atoms. The Morgan fingerprint density at radius 1 is 1.33 bits per heavy atom. The fourth-order valence-electron chi connectivity index (χ4n) is 3.43. The summed E-state index contributed by atoms with van der Waals surface area (Å²) in [4.78, 5) is 5.03. The van der Waals surface area contributed by atoms with E-state index in [0.29, 0.717) is 6.04 Å². The van der Waals surface area contributed by atoms with Crippen molar-refractivity contribution in [3.8, 4) is 0 Å². The molecule has 0 aliphatic carbocycles. The van der Waals surface area contributed by atoms with Gasteiger partial charge >= 0.3 is 0 Å². The Labute approximate surface area is 130 Å². The minimum Gasteiger partial charge on any atom is -0.371 e. The maximum atomic E-state index is 5.90. The van der Waals surface area contributed by atoms with Crippen LogP contribution in [0.3, 0.4) is 0 Å². The Balaban J connectivity index is 2.04. The third-order valence-corrected chi connectivity index (χ3v) is 4.75. The van der Waals surface area contributed by atoms with Crippen molar-refractivity contribution >= 4 is 5.69 Å². The van der Waals surface area contributed by atoms with Crippen LogP contribution in [0, 0.1) is 6.92 Å². The minimum atomic E-state index is 0.228. The van der Waals surface area contributed by atoms with Crippen LogP contribution in [0.2, 0.25) is 0 Å². The Kier molecular flexibility index (Phi) is 5.65. The molecule has 1 atom stereocenters. The highest BCUT2D eigenvalue weighted by Crippen LogP contribution is 2.26. The Bertz CT molecular complexity index is 448. The molecule has 1 aliphatic heterocycles. The van der Waals surface area contributed by atoms with Crippen LogP contribution in [0.4, 0.5) is 5.69 Å². The number of nitrogens with two attached hydrogens (primary N) is 1. The number of hydrogen-bond acceptors (Lipinski definition) is 3. The van der Waals surface area contributed by atoms with E-state index in [9.17, 15) is 0 Å². The van der Waals surface area contributed by atoms with E-state index in [0.717, 1.165) is 6.42 Å². The number of hydrogen-bond donors (Lipinski definition) is 1. The third kappa shape index (κ3) is 4.21. The first-order valence-electron chi connectivity index (χ1n) is 8.31. The van der Waals surface area contributed by atoms with Gasteiger partial charge in [0.25, 0.3) is 0 Å². The van der Waals surface area contributed by atoms with Crippen molar-refractivity contribution in [3.05, 3.63) is 29.3 Å². The summed E-state index contributed by atoms with van der Waals surface area (Å²) in [5.74, 6) is 0. The van der Waals surface area contributed by atoms with Crippen LogP contribution >= 0.6 is 0 Å². The van der Waals surface area contributed by atoms with E-state index in [1.54, 1.807) is 0 Å². The van der Waals surface area contributed by atoms with Crippen molar-refractivity contribution in [2.75, 3.05) is 31.6 Å². The van der Waals surface area contributed by atoms with Gasteiger partial charge in [-0.15, -0.1) is 0 Å². The summed E-state index contributed by atoms with van der Waals surface area (Å²) < 4.78 is 0. The van der Waals surface area contributed by atoms with Crippen LogP contribution in [-0.4, -0.2) is 43.7 Å². The van der Waals surface area contributed by atoms with E-state index in [4.69, 9.17) is 5.73 Å². The van der Waals surface area contributed by atoms with Crippen molar-refractivity contribution in [3.63, 3.8) is 0 Å². The molecule has 1 fully saturated rings. The average molecular weight is 289 g/mol. The average Bonchev–Trinajstić information content (AvgIpc) is 2.46. The number of rotatable bonds is 5. The smallest absolute Gasteiger partial charge is 0.0396 e. The lowest BCUT2D eigenvalue weighted by molar-refractivity contribution is 0.221. The second-order valence-corrected chi connectivity index (χ2v) is 6.58. The molecular weight excluding hydrogens is 258 g/mol. The van der Waals surface area contributed by atoms with Gasteiger partial charge in [-0.3, -0.25) is 0 Å². The molecular formula is C18H31N3. The van der Waals surface area contributed by atoms with Gasteiger partial charge < -0.3 is 15.5 Å². The van der Waals surface area contributed by atoms with Crippen molar-refractivity contribution in [1.29, 1.82) is 0 Å². The van der Waals surface area contributed by atoms with Crippen molar-refractivity contribution in [2.45, 2.75) is 52.1 Å². The second kappa shape index (κ2) is 7.28. The normalized spacial score (nSPS) is 18.7. The van der Waals surface area contributed by atoms with Crippen LogP contribution in [0.15, 0.2) is 18.2 Å². The lowest BCUT2D eigenvalue weighted by Crippen LogP contribution is -2.43. The molecule has 1 saturated heterocycles. The summed E-state index contributed by atoms with van der Waals surface area (Å²) in [5.41, 5.74) is 9.99.